The van der Waals surface area contributed by atoms with E-state index in [4.69, 9.17) is 9.47 Å². The Bertz CT molecular complexity index is 928. The third-order valence-electron chi connectivity index (χ3n) is 4.84. The maximum Gasteiger partial charge on any atom is 0.258 e. The van der Waals surface area contributed by atoms with Crippen LogP contribution in [0.1, 0.15) is 22.0 Å². The van der Waals surface area contributed by atoms with Gasteiger partial charge in [-0.2, -0.15) is 15.4 Å². The predicted octanol–water partition coefficient (Wildman–Crippen LogP) is 1.62. The summed E-state index contributed by atoms with van der Waals surface area (Å²) < 4.78 is 11.0. The lowest BCUT2D eigenvalue weighted by Gasteiger charge is -2.19. The molecule has 0 bridgehead atoms. The normalized spacial score (nSPS) is 19.8. The molecule has 0 aliphatic carbocycles. The number of rotatable bonds is 4. The van der Waals surface area contributed by atoms with Gasteiger partial charge in [-0.15, -0.1) is 0 Å². The molecule has 1 aromatic carbocycles. The topological polar surface area (TPSA) is 93.2 Å². The molecule has 2 aromatic heterocycles. The Balaban J connectivity index is 1.71. The van der Waals surface area contributed by atoms with Crippen molar-refractivity contribution in [2.75, 3.05) is 27.3 Å². The molecule has 1 amide bonds. The first-order chi connectivity index (χ1) is 12.7. The summed E-state index contributed by atoms with van der Waals surface area (Å²) in [5.41, 5.74) is 2.07. The Labute approximate surface area is 150 Å². The second-order valence-corrected chi connectivity index (χ2v) is 6.20. The largest absolute Gasteiger partial charge is 0.494 e. The van der Waals surface area contributed by atoms with Crippen molar-refractivity contribution in [1.29, 1.82) is 0 Å². The number of aromatic amines is 1. The number of benzene rings is 1. The van der Waals surface area contributed by atoms with Crippen LogP contribution in [-0.4, -0.2) is 64.6 Å². The molecule has 3 heterocycles. The Hall–Kier alpha value is -3.00. The van der Waals surface area contributed by atoms with Crippen molar-refractivity contribution in [1.82, 2.24) is 25.3 Å². The number of carbonyl (C=O) groups excluding carboxylic acids is 1. The second kappa shape index (κ2) is 6.72. The zero-order valence-electron chi connectivity index (χ0n) is 14.5. The molecule has 1 saturated heterocycles. The molecule has 1 N–H and O–H groups in total. The van der Waals surface area contributed by atoms with E-state index in [1.165, 1.54) is 0 Å². The minimum Gasteiger partial charge on any atom is -0.494 e. The Morgan fingerprint density at radius 2 is 2.08 bits per heavy atom. The summed E-state index contributed by atoms with van der Waals surface area (Å²) in [6.07, 6.45) is 3.13. The number of carbonyl (C=O) groups is 1. The van der Waals surface area contributed by atoms with E-state index in [2.05, 4.69) is 20.4 Å². The van der Waals surface area contributed by atoms with E-state index >= 15 is 0 Å². The van der Waals surface area contributed by atoms with Gasteiger partial charge in [-0.05, 0) is 6.07 Å². The molecule has 26 heavy (non-hydrogen) atoms. The van der Waals surface area contributed by atoms with Crippen LogP contribution in [-0.2, 0) is 4.74 Å². The van der Waals surface area contributed by atoms with Gasteiger partial charge in [0.2, 0.25) is 0 Å². The van der Waals surface area contributed by atoms with E-state index in [1.54, 1.807) is 31.5 Å². The van der Waals surface area contributed by atoms with Crippen LogP contribution in [0.4, 0.5) is 0 Å². The number of likely N-dealkylation sites (tertiary alicyclic amines) is 1. The number of methoxy groups -OCH3 is 2. The number of fused-ring (bicyclic) bond motifs is 1. The van der Waals surface area contributed by atoms with Gasteiger partial charge in [0.1, 0.15) is 0 Å². The Morgan fingerprint density at radius 1 is 1.23 bits per heavy atom. The highest BCUT2D eigenvalue weighted by molar-refractivity contribution is 6.08. The zero-order valence-corrected chi connectivity index (χ0v) is 14.5. The van der Waals surface area contributed by atoms with E-state index in [0.717, 1.165) is 16.6 Å². The molecular formula is C18H19N5O3. The first kappa shape index (κ1) is 16.5. The van der Waals surface area contributed by atoms with Crippen molar-refractivity contribution in [3.8, 4) is 5.75 Å². The van der Waals surface area contributed by atoms with Gasteiger partial charge >= 0.3 is 0 Å². The molecule has 8 heteroatoms. The summed E-state index contributed by atoms with van der Waals surface area (Å²) >= 11 is 0. The first-order valence-corrected chi connectivity index (χ1v) is 8.32. The molecule has 1 aliphatic heterocycles. The molecule has 0 radical (unpaired) electrons. The fourth-order valence-electron chi connectivity index (χ4n) is 3.51. The van der Waals surface area contributed by atoms with E-state index in [9.17, 15) is 4.79 Å². The first-order valence-electron chi connectivity index (χ1n) is 8.32. The molecule has 0 saturated carbocycles. The quantitative estimate of drug-likeness (QED) is 0.766. The SMILES string of the molecule is COc1cnc2ccccc2c1C(=O)N1C[C@@H](OC)[C@H](c2cn[nH]n2)C1. The molecule has 1 fully saturated rings. The van der Waals surface area contributed by atoms with Gasteiger partial charge in [0, 0.05) is 25.6 Å². The number of amides is 1. The highest BCUT2D eigenvalue weighted by Gasteiger charge is 2.39. The van der Waals surface area contributed by atoms with E-state index < -0.39 is 0 Å². The molecule has 8 nitrogen and oxygen atoms in total. The molecular weight excluding hydrogens is 334 g/mol. The monoisotopic (exact) mass is 353 g/mol. The van der Waals surface area contributed by atoms with Crippen LogP contribution in [0.2, 0.25) is 0 Å². The summed E-state index contributed by atoms with van der Waals surface area (Å²) in [5.74, 6) is 0.336. The Morgan fingerprint density at radius 3 is 2.81 bits per heavy atom. The van der Waals surface area contributed by atoms with Crippen molar-refractivity contribution in [3.05, 3.63) is 47.9 Å². The number of aromatic nitrogens is 4. The van der Waals surface area contributed by atoms with Gasteiger partial charge in [-0.1, -0.05) is 18.2 Å². The lowest BCUT2D eigenvalue weighted by Crippen LogP contribution is -2.30. The van der Waals surface area contributed by atoms with E-state index in [-0.39, 0.29) is 17.9 Å². The van der Waals surface area contributed by atoms with Gasteiger partial charge < -0.3 is 14.4 Å². The van der Waals surface area contributed by atoms with Crippen LogP contribution in [0.5, 0.6) is 5.75 Å². The average Bonchev–Trinajstić information content (AvgIpc) is 3.35. The predicted molar refractivity (Wildman–Crippen MR) is 94.1 cm³/mol. The summed E-state index contributed by atoms with van der Waals surface area (Å²) in [5, 5.41) is 11.4. The van der Waals surface area contributed by atoms with Crippen LogP contribution < -0.4 is 4.74 Å². The molecule has 0 spiro atoms. The lowest BCUT2D eigenvalue weighted by atomic mass is 10.0. The van der Waals surface area contributed by atoms with Crippen molar-refractivity contribution < 1.29 is 14.3 Å². The maximum absolute atomic E-state index is 13.3. The van der Waals surface area contributed by atoms with Gasteiger partial charge in [0.05, 0.1) is 48.3 Å². The van der Waals surface area contributed by atoms with Gasteiger partial charge in [-0.3, -0.25) is 9.78 Å². The third-order valence-corrected chi connectivity index (χ3v) is 4.84. The van der Waals surface area contributed by atoms with Crippen molar-refractivity contribution in [2.24, 2.45) is 0 Å². The second-order valence-electron chi connectivity index (χ2n) is 6.20. The van der Waals surface area contributed by atoms with Crippen LogP contribution in [0.25, 0.3) is 10.9 Å². The van der Waals surface area contributed by atoms with E-state index in [1.807, 2.05) is 24.3 Å². The third kappa shape index (κ3) is 2.68. The van der Waals surface area contributed by atoms with Gasteiger partial charge in [0.15, 0.2) is 5.75 Å². The molecule has 1 aliphatic rings. The fourth-order valence-corrected chi connectivity index (χ4v) is 3.51. The van der Waals surface area contributed by atoms with Crippen LogP contribution in [0.3, 0.4) is 0 Å². The number of pyridine rings is 1. The number of para-hydroxylation sites is 1. The molecule has 3 aromatic rings. The number of nitrogens with one attached hydrogen (secondary N) is 1. The molecule has 4 rings (SSSR count). The summed E-state index contributed by atoms with van der Waals surface area (Å²) in [6, 6.07) is 7.55. The fraction of sp³-hybridized carbons (Fsp3) is 0.333. The van der Waals surface area contributed by atoms with Crippen molar-refractivity contribution >= 4 is 16.8 Å². The standard InChI is InChI=1S/C18H19N5O3/c1-25-15-8-19-13-6-4-3-5-11(13)17(15)18(24)23-9-12(16(10-23)26-2)14-7-20-22-21-14/h3-8,12,16H,9-10H2,1-2H3,(H,20,21,22)/t12-,16+/m0/s1. The van der Waals surface area contributed by atoms with Crippen LogP contribution in [0, 0.1) is 0 Å². The average molecular weight is 353 g/mol. The number of ether oxygens (including phenoxy) is 2. The highest BCUT2D eigenvalue weighted by atomic mass is 16.5. The maximum atomic E-state index is 13.3. The van der Waals surface area contributed by atoms with Crippen molar-refractivity contribution in [2.45, 2.75) is 12.0 Å². The van der Waals surface area contributed by atoms with Crippen molar-refractivity contribution in [3.63, 3.8) is 0 Å². The number of hydrogen-bond acceptors (Lipinski definition) is 6. The number of hydrogen-bond donors (Lipinski definition) is 1. The minimum atomic E-state index is -0.136. The van der Waals surface area contributed by atoms with Crippen LogP contribution >= 0.6 is 0 Å². The molecule has 2 atom stereocenters. The van der Waals surface area contributed by atoms with Gasteiger partial charge in [-0.25, -0.2) is 0 Å². The molecule has 0 unspecified atom stereocenters. The van der Waals surface area contributed by atoms with Gasteiger partial charge in [0.25, 0.3) is 5.91 Å². The minimum absolute atomic E-state index is 0.0261. The lowest BCUT2D eigenvalue weighted by molar-refractivity contribution is 0.0713. The summed E-state index contributed by atoms with van der Waals surface area (Å²) in [7, 11) is 3.19. The summed E-state index contributed by atoms with van der Waals surface area (Å²) in [4.78, 5) is 19.5. The van der Waals surface area contributed by atoms with Crippen LogP contribution in [0.15, 0.2) is 36.7 Å². The summed E-state index contributed by atoms with van der Waals surface area (Å²) in [6.45, 7) is 0.982. The highest BCUT2D eigenvalue weighted by Crippen LogP contribution is 2.32. The number of nitrogens with zero attached hydrogens (tertiary/aromatic N) is 4. The number of H-pyrrole nitrogens is 1. The molecule has 134 valence electrons. The van der Waals surface area contributed by atoms with E-state index in [0.29, 0.717) is 24.4 Å². The Kier molecular flexibility index (Phi) is 4.26. The zero-order chi connectivity index (χ0) is 18.1. The smallest absolute Gasteiger partial charge is 0.258 e.